The Hall–Kier alpha value is -4.35. The molecule has 5 rings (SSSR count). The fourth-order valence-corrected chi connectivity index (χ4v) is 5.05. The van der Waals surface area contributed by atoms with Gasteiger partial charge in [-0.05, 0) is 55.2 Å². The van der Waals surface area contributed by atoms with Crippen molar-refractivity contribution in [2.75, 3.05) is 18.6 Å². The van der Waals surface area contributed by atoms with Crippen LogP contribution in [0.4, 0.5) is 23.7 Å². The molecule has 0 radical (unpaired) electrons. The molecule has 0 saturated carbocycles. The zero-order chi connectivity index (χ0) is 27.4. The Labute approximate surface area is 213 Å². The number of carbonyl (C=O) groups excluding carboxylic acids is 2. The molecule has 0 saturated heterocycles. The lowest BCUT2D eigenvalue weighted by Gasteiger charge is -2.26. The predicted octanol–water partition coefficient (Wildman–Crippen LogP) is 3.82. The zero-order valence-corrected chi connectivity index (χ0v) is 20.4. The molecule has 38 heavy (non-hydrogen) atoms. The molecule has 1 aromatic heterocycles. The maximum Gasteiger partial charge on any atom is 0.416 e. The molecule has 1 aliphatic heterocycles. The number of fused-ring (bicyclic) bond motifs is 2. The van der Waals surface area contributed by atoms with Crippen LogP contribution in [-0.4, -0.2) is 34.9 Å². The van der Waals surface area contributed by atoms with Crippen LogP contribution in [0.25, 0.3) is 5.69 Å². The number of anilines is 1. The number of benzene rings is 2. The number of hydrogen-bond donors (Lipinski definition) is 0. The van der Waals surface area contributed by atoms with Gasteiger partial charge in [0.15, 0.2) is 0 Å². The second-order valence-electron chi connectivity index (χ2n) is 8.94. The second kappa shape index (κ2) is 9.19. The quantitative estimate of drug-likeness (QED) is 0.477. The van der Waals surface area contributed by atoms with E-state index in [2.05, 4.69) is 0 Å². The lowest BCUT2D eigenvalue weighted by atomic mass is 10.0. The van der Waals surface area contributed by atoms with Gasteiger partial charge in [0.25, 0.3) is 5.56 Å². The van der Waals surface area contributed by atoms with Gasteiger partial charge in [0.05, 0.1) is 29.6 Å². The van der Waals surface area contributed by atoms with Crippen LogP contribution in [0.2, 0.25) is 0 Å². The third kappa shape index (κ3) is 4.05. The number of hydrogen-bond acceptors (Lipinski definition) is 6. The summed E-state index contributed by atoms with van der Waals surface area (Å²) in [6.45, 7) is 1.47. The predicted molar refractivity (Wildman–Crippen MR) is 129 cm³/mol. The average Bonchev–Trinajstić information content (AvgIpc) is 3.29. The minimum atomic E-state index is -4.60. The molecule has 2 aliphatic rings. The number of carbonyl (C=O) groups is 2. The Morgan fingerprint density at radius 1 is 1.16 bits per heavy atom. The maximum absolute atomic E-state index is 13.7. The first-order valence-electron chi connectivity index (χ1n) is 11.8. The van der Waals surface area contributed by atoms with E-state index in [9.17, 15) is 32.3 Å². The zero-order valence-electron chi connectivity index (χ0n) is 20.4. The smallest absolute Gasteiger partial charge is 0.416 e. The van der Waals surface area contributed by atoms with Crippen LogP contribution < -0.4 is 16.1 Å². The summed E-state index contributed by atoms with van der Waals surface area (Å²) in [4.78, 5) is 53.0. The summed E-state index contributed by atoms with van der Waals surface area (Å²) in [7, 11) is 1.53. The van der Waals surface area contributed by atoms with Gasteiger partial charge in [0.1, 0.15) is 12.2 Å². The third-order valence-electron chi connectivity index (χ3n) is 6.80. The second-order valence-corrected chi connectivity index (χ2v) is 8.94. The SMILES string of the molecule is CCOC(=O)c1cn(-c2ccc3c(c2)COC(=O)N3C)c(=O)n([C@@H]2CCc3c2cccc3C(F)(F)F)c1=O. The number of halogens is 3. The van der Waals surface area contributed by atoms with E-state index in [1.54, 1.807) is 19.1 Å². The van der Waals surface area contributed by atoms with Crippen LogP contribution in [0.3, 0.4) is 0 Å². The molecule has 0 N–H and O–H groups in total. The molecular formula is C26H22F3N3O6. The van der Waals surface area contributed by atoms with Gasteiger partial charge in [-0.2, -0.15) is 13.2 Å². The van der Waals surface area contributed by atoms with Gasteiger partial charge in [-0.1, -0.05) is 12.1 Å². The van der Waals surface area contributed by atoms with Gasteiger partial charge in [0.2, 0.25) is 0 Å². The molecule has 3 aromatic rings. The molecule has 2 aromatic carbocycles. The van der Waals surface area contributed by atoms with Gasteiger partial charge >= 0.3 is 23.9 Å². The monoisotopic (exact) mass is 529 g/mol. The number of rotatable bonds is 4. The summed E-state index contributed by atoms with van der Waals surface area (Å²) in [6, 6.07) is 7.35. The van der Waals surface area contributed by atoms with Crippen molar-refractivity contribution >= 4 is 17.7 Å². The Morgan fingerprint density at radius 3 is 2.63 bits per heavy atom. The summed E-state index contributed by atoms with van der Waals surface area (Å²) in [5, 5.41) is 0. The highest BCUT2D eigenvalue weighted by molar-refractivity contribution is 5.90. The molecule has 198 valence electrons. The Balaban J connectivity index is 1.72. The summed E-state index contributed by atoms with van der Waals surface area (Å²) >= 11 is 0. The van der Waals surface area contributed by atoms with E-state index in [1.165, 1.54) is 30.1 Å². The number of alkyl halides is 3. The van der Waals surface area contributed by atoms with Crippen LogP contribution in [0, 0.1) is 0 Å². The Morgan fingerprint density at radius 2 is 1.92 bits per heavy atom. The topological polar surface area (TPSA) is 99.8 Å². The molecule has 1 amide bonds. The van der Waals surface area contributed by atoms with Crippen molar-refractivity contribution in [1.82, 2.24) is 9.13 Å². The summed E-state index contributed by atoms with van der Waals surface area (Å²) in [5.74, 6) is -0.964. The maximum atomic E-state index is 13.7. The standard InChI is InChI=1S/C26H22F3N3O6/c1-3-37-23(34)18-12-31(15-7-9-20-14(11-15)13-38-25(36)30(20)2)24(35)32(22(18)33)21-10-8-16-17(21)5-4-6-19(16)26(27,28)29/h4-7,9,11-12,21H,3,8,10,13H2,1-2H3/t21-/m1/s1. The van der Waals surface area contributed by atoms with Gasteiger partial charge in [-0.3, -0.25) is 18.8 Å². The molecular weight excluding hydrogens is 507 g/mol. The van der Waals surface area contributed by atoms with Gasteiger partial charge < -0.3 is 9.47 Å². The number of ether oxygens (including phenoxy) is 2. The fourth-order valence-electron chi connectivity index (χ4n) is 5.05. The largest absolute Gasteiger partial charge is 0.462 e. The van der Waals surface area contributed by atoms with E-state index in [4.69, 9.17) is 9.47 Å². The number of esters is 1. The average molecular weight is 529 g/mol. The number of aromatic nitrogens is 2. The van der Waals surface area contributed by atoms with Crippen LogP contribution in [0.15, 0.2) is 52.2 Å². The molecule has 0 unspecified atom stereocenters. The molecule has 12 heteroatoms. The van der Waals surface area contributed by atoms with E-state index in [1.807, 2.05) is 0 Å². The fraction of sp³-hybridized carbons (Fsp3) is 0.308. The first kappa shape index (κ1) is 25.3. The van der Waals surface area contributed by atoms with E-state index >= 15 is 0 Å². The molecule has 2 heterocycles. The molecule has 9 nitrogen and oxygen atoms in total. The lowest BCUT2D eigenvalue weighted by Crippen LogP contribution is -2.44. The van der Waals surface area contributed by atoms with Crippen molar-refractivity contribution in [3.8, 4) is 5.69 Å². The van der Waals surface area contributed by atoms with E-state index < -0.39 is 46.7 Å². The number of amides is 1. The molecule has 1 aliphatic carbocycles. The van der Waals surface area contributed by atoms with Gasteiger partial charge in [0, 0.05) is 18.8 Å². The van der Waals surface area contributed by atoms with Crippen molar-refractivity contribution in [3.63, 3.8) is 0 Å². The minimum absolute atomic E-state index is 0.00173. The highest BCUT2D eigenvalue weighted by Gasteiger charge is 2.38. The van der Waals surface area contributed by atoms with Gasteiger partial charge in [-0.15, -0.1) is 0 Å². The van der Waals surface area contributed by atoms with Gasteiger partial charge in [-0.25, -0.2) is 14.4 Å². The first-order chi connectivity index (χ1) is 18.0. The van der Waals surface area contributed by atoms with Crippen molar-refractivity contribution < 1.29 is 32.2 Å². The minimum Gasteiger partial charge on any atom is -0.462 e. The van der Waals surface area contributed by atoms with E-state index in [0.29, 0.717) is 11.3 Å². The van der Waals surface area contributed by atoms with Crippen molar-refractivity contribution in [2.24, 2.45) is 0 Å². The van der Waals surface area contributed by atoms with Crippen LogP contribution in [-0.2, 0) is 28.7 Å². The highest BCUT2D eigenvalue weighted by atomic mass is 19.4. The summed E-state index contributed by atoms with van der Waals surface area (Å²) in [6.07, 6.45) is -4.01. The van der Waals surface area contributed by atoms with Crippen LogP contribution in [0.1, 0.15) is 52.0 Å². The van der Waals surface area contributed by atoms with E-state index in [-0.39, 0.29) is 42.9 Å². The lowest BCUT2D eigenvalue weighted by molar-refractivity contribution is -0.138. The molecule has 1 atom stereocenters. The highest BCUT2D eigenvalue weighted by Crippen LogP contribution is 2.41. The molecule has 0 bridgehead atoms. The summed E-state index contributed by atoms with van der Waals surface area (Å²) in [5.41, 5.74) is -1.43. The normalized spacial score (nSPS) is 16.6. The number of nitrogens with zero attached hydrogens (tertiary/aromatic N) is 3. The van der Waals surface area contributed by atoms with Crippen molar-refractivity contribution in [1.29, 1.82) is 0 Å². The van der Waals surface area contributed by atoms with Crippen LogP contribution in [0.5, 0.6) is 0 Å². The number of cyclic esters (lactones) is 1. The van der Waals surface area contributed by atoms with Crippen LogP contribution >= 0.6 is 0 Å². The molecule has 0 spiro atoms. The summed E-state index contributed by atoms with van der Waals surface area (Å²) < 4.78 is 52.9. The Kier molecular flexibility index (Phi) is 6.12. The van der Waals surface area contributed by atoms with Crippen molar-refractivity contribution in [2.45, 2.75) is 38.6 Å². The van der Waals surface area contributed by atoms with Crippen molar-refractivity contribution in [3.05, 3.63) is 91.3 Å². The van der Waals surface area contributed by atoms with E-state index in [0.717, 1.165) is 21.4 Å². The first-order valence-corrected chi connectivity index (χ1v) is 11.8. The molecule has 0 fully saturated rings. The third-order valence-corrected chi connectivity index (χ3v) is 6.80. The Bertz CT molecular complexity index is 1590.